The highest BCUT2D eigenvalue weighted by atomic mass is 35.5. The highest BCUT2D eigenvalue weighted by Crippen LogP contribution is 2.25. The molecule has 1 atom stereocenters. The topological polar surface area (TPSA) is 71.3 Å². The zero-order valence-corrected chi connectivity index (χ0v) is 18.1. The van der Waals surface area contributed by atoms with E-state index in [1.54, 1.807) is 18.2 Å². The molecule has 1 saturated heterocycles. The fourth-order valence-corrected chi connectivity index (χ4v) is 4.14. The lowest BCUT2D eigenvalue weighted by Crippen LogP contribution is -2.40. The summed E-state index contributed by atoms with van der Waals surface area (Å²) in [5.41, 5.74) is 2.71. The first-order valence-corrected chi connectivity index (χ1v) is 10.6. The highest BCUT2D eigenvalue weighted by Gasteiger charge is 2.27. The van der Waals surface area contributed by atoms with Crippen LogP contribution in [0, 0.1) is 12.8 Å². The summed E-state index contributed by atoms with van der Waals surface area (Å²) in [6.07, 6.45) is 1.75. The fraction of sp³-hybridized carbons (Fsp3) is 0.318. The highest BCUT2D eigenvalue weighted by molar-refractivity contribution is 6.35. The van der Waals surface area contributed by atoms with E-state index in [0.717, 1.165) is 24.9 Å². The van der Waals surface area contributed by atoms with Gasteiger partial charge in [0.1, 0.15) is 0 Å². The first-order chi connectivity index (χ1) is 14.5. The minimum Gasteiger partial charge on any atom is -0.338 e. The molecule has 0 bridgehead atoms. The average molecular weight is 445 g/mol. The Kier molecular flexibility index (Phi) is 6.37. The Morgan fingerprint density at radius 2 is 1.93 bits per heavy atom. The lowest BCUT2D eigenvalue weighted by atomic mass is 9.97. The summed E-state index contributed by atoms with van der Waals surface area (Å²) in [5.74, 6) is 0.960. The van der Waals surface area contributed by atoms with Crippen molar-refractivity contribution in [3.8, 4) is 11.4 Å². The zero-order valence-electron chi connectivity index (χ0n) is 16.6. The molecule has 1 aliphatic heterocycles. The number of anilines is 1. The molecule has 1 aromatic heterocycles. The van der Waals surface area contributed by atoms with E-state index in [-0.39, 0.29) is 11.8 Å². The van der Waals surface area contributed by atoms with E-state index >= 15 is 0 Å². The third kappa shape index (κ3) is 5.19. The molecule has 0 spiro atoms. The average Bonchev–Trinajstić information content (AvgIpc) is 3.16. The van der Waals surface area contributed by atoms with Gasteiger partial charge in [-0.05, 0) is 44.5 Å². The van der Waals surface area contributed by atoms with Crippen LogP contribution in [0.4, 0.5) is 5.69 Å². The predicted molar refractivity (Wildman–Crippen MR) is 118 cm³/mol. The van der Waals surface area contributed by atoms with Crippen molar-refractivity contribution < 1.29 is 9.32 Å². The van der Waals surface area contributed by atoms with E-state index in [0.29, 0.717) is 40.5 Å². The van der Waals surface area contributed by atoms with Crippen molar-refractivity contribution in [3.63, 3.8) is 0 Å². The van der Waals surface area contributed by atoms with E-state index in [1.807, 2.05) is 31.2 Å². The molecule has 1 unspecified atom stereocenters. The number of rotatable bonds is 5. The number of hydrogen-bond acceptors (Lipinski definition) is 5. The molecule has 3 aromatic rings. The molecule has 2 heterocycles. The minimum atomic E-state index is -0.129. The van der Waals surface area contributed by atoms with Gasteiger partial charge in [-0.2, -0.15) is 4.98 Å². The summed E-state index contributed by atoms with van der Waals surface area (Å²) < 4.78 is 5.44. The predicted octanol–water partition coefficient (Wildman–Crippen LogP) is 5.20. The lowest BCUT2D eigenvalue weighted by molar-refractivity contribution is -0.121. The van der Waals surface area contributed by atoms with Gasteiger partial charge in [-0.3, -0.25) is 9.69 Å². The largest absolute Gasteiger partial charge is 0.338 e. The van der Waals surface area contributed by atoms with Crippen LogP contribution in [0.3, 0.4) is 0 Å². The Morgan fingerprint density at radius 1 is 1.20 bits per heavy atom. The second kappa shape index (κ2) is 9.16. The smallest absolute Gasteiger partial charge is 0.241 e. The second-order valence-corrected chi connectivity index (χ2v) is 8.47. The number of hydrogen-bond donors (Lipinski definition) is 1. The number of piperidine rings is 1. The van der Waals surface area contributed by atoms with Gasteiger partial charge in [0.05, 0.1) is 12.5 Å². The van der Waals surface area contributed by atoms with Crippen LogP contribution >= 0.6 is 23.2 Å². The molecule has 2 aromatic carbocycles. The van der Waals surface area contributed by atoms with Gasteiger partial charge in [-0.25, -0.2) is 0 Å². The number of amides is 1. The van der Waals surface area contributed by atoms with E-state index in [9.17, 15) is 4.79 Å². The Morgan fingerprint density at radius 3 is 2.67 bits per heavy atom. The number of nitrogens with one attached hydrogen (secondary N) is 1. The molecule has 0 aliphatic carbocycles. The van der Waals surface area contributed by atoms with Crippen LogP contribution in [0.25, 0.3) is 11.4 Å². The van der Waals surface area contributed by atoms with Gasteiger partial charge in [0, 0.05) is 27.8 Å². The number of carbonyl (C=O) groups excluding carboxylic acids is 1. The summed E-state index contributed by atoms with van der Waals surface area (Å²) >= 11 is 12.0. The molecule has 156 valence electrons. The molecular weight excluding hydrogens is 423 g/mol. The number of carbonyl (C=O) groups is 1. The molecule has 1 fully saturated rings. The number of halogens is 2. The molecule has 30 heavy (non-hydrogen) atoms. The maximum Gasteiger partial charge on any atom is 0.241 e. The third-order valence-corrected chi connectivity index (χ3v) is 5.58. The second-order valence-electron chi connectivity index (χ2n) is 7.60. The van der Waals surface area contributed by atoms with E-state index < -0.39 is 0 Å². The van der Waals surface area contributed by atoms with Crippen molar-refractivity contribution in [1.29, 1.82) is 0 Å². The van der Waals surface area contributed by atoms with Gasteiger partial charge in [-0.1, -0.05) is 58.2 Å². The number of nitrogens with zero attached hydrogens (tertiary/aromatic N) is 3. The summed E-state index contributed by atoms with van der Waals surface area (Å²) in [4.78, 5) is 19.4. The Labute approximate surface area is 185 Å². The van der Waals surface area contributed by atoms with Crippen LogP contribution in [0.1, 0.15) is 24.3 Å². The Hall–Kier alpha value is -2.41. The third-order valence-electron chi connectivity index (χ3n) is 5.14. The van der Waals surface area contributed by atoms with E-state index in [4.69, 9.17) is 27.7 Å². The molecule has 0 saturated carbocycles. The summed E-state index contributed by atoms with van der Waals surface area (Å²) in [7, 11) is 0. The number of aromatic nitrogens is 2. The molecule has 0 radical (unpaired) electrons. The van der Waals surface area contributed by atoms with Crippen LogP contribution in [0.15, 0.2) is 47.0 Å². The van der Waals surface area contributed by atoms with Crippen molar-refractivity contribution in [2.45, 2.75) is 26.3 Å². The van der Waals surface area contributed by atoms with Gasteiger partial charge in [0.25, 0.3) is 0 Å². The molecule has 1 N–H and O–H groups in total. The monoisotopic (exact) mass is 444 g/mol. The molecule has 1 amide bonds. The van der Waals surface area contributed by atoms with Crippen molar-refractivity contribution in [3.05, 3.63) is 64.0 Å². The maximum absolute atomic E-state index is 12.7. The van der Waals surface area contributed by atoms with Gasteiger partial charge in [0.15, 0.2) is 0 Å². The van der Waals surface area contributed by atoms with Crippen LogP contribution < -0.4 is 5.32 Å². The Bertz CT molecular complexity index is 1020. The summed E-state index contributed by atoms with van der Waals surface area (Å²) in [6, 6.07) is 13.0. The van der Waals surface area contributed by atoms with Crippen LogP contribution in [-0.4, -0.2) is 34.0 Å². The molecular formula is C22H22Cl2N4O2. The lowest BCUT2D eigenvalue weighted by Gasteiger charge is -2.30. The van der Waals surface area contributed by atoms with Crippen LogP contribution in [0.2, 0.25) is 10.0 Å². The van der Waals surface area contributed by atoms with Crippen LogP contribution in [-0.2, 0) is 11.3 Å². The fourth-order valence-electron chi connectivity index (χ4n) is 3.61. The normalized spacial score (nSPS) is 17.1. The standard InChI is InChI=1S/C22H22Cl2N4O2/c1-14-4-6-15(7-5-14)21-26-20(30-27-21)13-28-8-2-3-16(12-28)22(29)25-19-10-17(23)9-18(24)11-19/h4-7,9-11,16H,2-3,8,12-13H2,1H3,(H,25,29). The molecule has 8 heteroatoms. The maximum atomic E-state index is 12.7. The van der Waals surface area contributed by atoms with Gasteiger partial charge in [0.2, 0.25) is 17.6 Å². The van der Waals surface area contributed by atoms with Crippen molar-refractivity contribution >= 4 is 34.8 Å². The molecule has 6 nitrogen and oxygen atoms in total. The van der Waals surface area contributed by atoms with E-state index in [1.165, 1.54) is 5.56 Å². The first kappa shape index (κ1) is 20.8. The van der Waals surface area contributed by atoms with Gasteiger partial charge >= 0.3 is 0 Å². The quantitative estimate of drug-likeness (QED) is 0.585. The van der Waals surface area contributed by atoms with Crippen LogP contribution in [0.5, 0.6) is 0 Å². The first-order valence-electron chi connectivity index (χ1n) is 9.85. The van der Waals surface area contributed by atoms with Crippen molar-refractivity contribution in [2.75, 3.05) is 18.4 Å². The van der Waals surface area contributed by atoms with Gasteiger partial charge in [-0.15, -0.1) is 0 Å². The zero-order chi connectivity index (χ0) is 21.1. The Balaban J connectivity index is 1.37. The summed E-state index contributed by atoms with van der Waals surface area (Å²) in [5, 5.41) is 7.99. The van der Waals surface area contributed by atoms with Crippen molar-refractivity contribution in [2.24, 2.45) is 5.92 Å². The summed E-state index contributed by atoms with van der Waals surface area (Å²) in [6.45, 7) is 4.07. The number of aryl methyl sites for hydroxylation is 1. The van der Waals surface area contributed by atoms with Gasteiger partial charge < -0.3 is 9.84 Å². The number of likely N-dealkylation sites (tertiary alicyclic amines) is 1. The van der Waals surface area contributed by atoms with E-state index in [2.05, 4.69) is 20.4 Å². The SMILES string of the molecule is Cc1ccc(-c2noc(CN3CCCC(C(=O)Nc4cc(Cl)cc(Cl)c4)C3)n2)cc1. The number of benzene rings is 2. The molecule has 1 aliphatic rings. The van der Waals surface area contributed by atoms with Crippen molar-refractivity contribution in [1.82, 2.24) is 15.0 Å². The molecule has 4 rings (SSSR count). The minimum absolute atomic E-state index is 0.0380.